The minimum Gasteiger partial charge on any atom is -0.311 e. The van der Waals surface area contributed by atoms with Gasteiger partial charge < -0.3 is 9.80 Å². The molecule has 2 aliphatic rings. The van der Waals surface area contributed by atoms with E-state index >= 15 is 0 Å². The molecule has 5 nitrogen and oxygen atoms in total. The van der Waals surface area contributed by atoms with Gasteiger partial charge in [0.05, 0.1) is 0 Å². The Morgan fingerprint density at radius 1 is 0.382 bits per heavy atom. The lowest BCUT2D eigenvalue weighted by Crippen LogP contribution is -2.61. The van der Waals surface area contributed by atoms with E-state index in [0.29, 0.717) is 5.82 Å². The smallest absolute Gasteiger partial charge is 0.252 e. The maximum absolute atomic E-state index is 4.69. The Balaban J connectivity index is 1.26. The van der Waals surface area contributed by atoms with E-state index in [-0.39, 0.29) is 6.71 Å². The lowest BCUT2D eigenvalue weighted by Gasteiger charge is -2.44. The normalized spacial score (nSPS) is 13.0. The summed E-state index contributed by atoms with van der Waals surface area (Å²) in [7, 11) is 0. The summed E-state index contributed by atoms with van der Waals surface area (Å²) in [6, 6.07) is 62.4. The first-order chi connectivity index (χ1) is 27.3. The van der Waals surface area contributed by atoms with Crippen LogP contribution in [0.2, 0.25) is 0 Å². The van der Waals surface area contributed by atoms with Gasteiger partial charge in [0.2, 0.25) is 0 Å². The second kappa shape index (κ2) is 11.6. The van der Waals surface area contributed by atoms with E-state index in [9.17, 15) is 0 Å². The van der Waals surface area contributed by atoms with Crippen LogP contribution in [-0.2, 0) is 0 Å². The molecule has 0 atom stereocenters. The Morgan fingerprint density at radius 2 is 0.836 bits per heavy atom. The fraction of sp³-hybridized carbons (Fsp3) is 0. The van der Waals surface area contributed by atoms with E-state index in [1.54, 1.807) is 12.7 Å². The lowest BCUT2D eigenvalue weighted by molar-refractivity contribution is 1.05. The Bertz CT molecular complexity index is 2980. The fourth-order valence-electron chi connectivity index (χ4n) is 9.23. The van der Waals surface area contributed by atoms with Crippen molar-refractivity contribution in [2.24, 2.45) is 0 Å². The SMILES string of the molecule is c1ccc(N2c3cc4c(ccc5ccccc54)cc3B3c4cc5ccc6ccccc6c5cc4N(c4ccccc4)c4cc(-c5ncncn5)cc2c43)cc1. The first-order valence-corrected chi connectivity index (χ1v) is 18.7. The van der Waals surface area contributed by atoms with Crippen LogP contribution in [0, 0.1) is 0 Å². The van der Waals surface area contributed by atoms with Crippen LogP contribution in [0.15, 0.2) is 183 Å². The highest BCUT2D eigenvalue weighted by molar-refractivity contribution is 7.00. The van der Waals surface area contributed by atoms with Gasteiger partial charge >= 0.3 is 0 Å². The molecule has 55 heavy (non-hydrogen) atoms. The first kappa shape index (κ1) is 30.2. The molecule has 254 valence electrons. The zero-order chi connectivity index (χ0) is 36.0. The molecule has 0 unspecified atom stereocenters. The molecule has 1 aromatic heterocycles. The number of anilines is 6. The monoisotopic (exact) mass is 699 g/mol. The van der Waals surface area contributed by atoms with Crippen molar-refractivity contribution in [2.75, 3.05) is 9.80 Å². The molecule has 12 rings (SSSR count). The predicted octanol–water partition coefficient (Wildman–Crippen LogP) is 10.2. The predicted molar refractivity (Wildman–Crippen MR) is 229 cm³/mol. The van der Waals surface area contributed by atoms with Gasteiger partial charge in [0.15, 0.2) is 5.82 Å². The molecule has 0 fully saturated rings. The number of para-hydroxylation sites is 2. The van der Waals surface area contributed by atoms with Crippen molar-refractivity contribution in [3.8, 4) is 11.4 Å². The molecular formula is C49H30BN5. The van der Waals surface area contributed by atoms with E-state index in [1.807, 2.05) is 0 Å². The molecule has 0 radical (unpaired) electrons. The number of fused-ring (bicyclic) bond motifs is 10. The molecule has 2 aliphatic heterocycles. The summed E-state index contributed by atoms with van der Waals surface area (Å²) < 4.78 is 0. The molecule has 0 bridgehead atoms. The van der Waals surface area contributed by atoms with Crippen LogP contribution >= 0.6 is 0 Å². The number of aromatic nitrogens is 3. The van der Waals surface area contributed by atoms with Gasteiger partial charge in [-0.15, -0.1) is 0 Å². The maximum atomic E-state index is 4.69. The zero-order valence-corrected chi connectivity index (χ0v) is 29.6. The van der Waals surface area contributed by atoms with Gasteiger partial charge in [0.1, 0.15) is 12.7 Å². The summed E-state index contributed by atoms with van der Waals surface area (Å²) in [6.07, 6.45) is 3.16. The van der Waals surface area contributed by atoms with Crippen molar-refractivity contribution in [1.82, 2.24) is 15.0 Å². The highest BCUT2D eigenvalue weighted by Gasteiger charge is 2.44. The minimum atomic E-state index is -0.0472. The molecule has 0 aliphatic carbocycles. The van der Waals surface area contributed by atoms with Gasteiger partial charge in [-0.3, -0.25) is 0 Å². The van der Waals surface area contributed by atoms with Crippen LogP contribution in [0.5, 0.6) is 0 Å². The first-order valence-electron chi connectivity index (χ1n) is 18.7. The summed E-state index contributed by atoms with van der Waals surface area (Å²) in [5.41, 5.74) is 11.5. The van der Waals surface area contributed by atoms with E-state index < -0.39 is 0 Å². The minimum absolute atomic E-state index is 0.0472. The van der Waals surface area contributed by atoms with Crippen molar-refractivity contribution in [3.63, 3.8) is 0 Å². The van der Waals surface area contributed by atoms with Crippen LogP contribution < -0.4 is 26.2 Å². The average molecular weight is 700 g/mol. The van der Waals surface area contributed by atoms with Gasteiger partial charge in [-0.1, -0.05) is 121 Å². The summed E-state index contributed by atoms with van der Waals surface area (Å²) >= 11 is 0. The van der Waals surface area contributed by atoms with Crippen LogP contribution in [0.4, 0.5) is 34.1 Å². The molecular weight excluding hydrogens is 669 g/mol. The molecule has 10 aromatic rings. The van der Waals surface area contributed by atoms with Crippen molar-refractivity contribution in [3.05, 3.63) is 183 Å². The molecule has 0 saturated heterocycles. The Hall–Kier alpha value is -7.31. The Labute approximate surface area is 317 Å². The second-order valence-corrected chi connectivity index (χ2v) is 14.5. The molecule has 0 saturated carbocycles. The Kier molecular flexibility index (Phi) is 6.36. The van der Waals surface area contributed by atoms with Crippen LogP contribution in [0.3, 0.4) is 0 Å². The van der Waals surface area contributed by atoms with E-state index in [0.717, 1.165) is 28.3 Å². The zero-order valence-electron chi connectivity index (χ0n) is 29.6. The quantitative estimate of drug-likeness (QED) is 0.136. The topological polar surface area (TPSA) is 45.2 Å². The summed E-state index contributed by atoms with van der Waals surface area (Å²) in [4.78, 5) is 18.5. The average Bonchev–Trinajstić information content (AvgIpc) is 3.25. The van der Waals surface area contributed by atoms with Gasteiger partial charge in [-0.05, 0) is 108 Å². The van der Waals surface area contributed by atoms with E-state index in [1.165, 1.54) is 70.9 Å². The van der Waals surface area contributed by atoms with Crippen LogP contribution in [0.1, 0.15) is 0 Å². The number of benzene rings is 9. The highest BCUT2D eigenvalue weighted by Crippen LogP contribution is 2.47. The lowest BCUT2D eigenvalue weighted by atomic mass is 9.33. The highest BCUT2D eigenvalue weighted by atomic mass is 15.2. The summed E-state index contributed by atoms with van der Waals surface area (Å²) in [6.45, 7) is -0.0472. The molecule has 6 heteroatoms. The molecule has 0 spiro atoms. The third kappa shape index (κ3) is 4.46. The third-order valence-corrected chi connectivity index (χ3v) is 11.6. The third-order valence-electron chi connectivity index (χ3n) is 11.6. The summed E-state index contributed by atoms with van der Waals surface area (Å²) in [5, 5.41) is 9.90. The number of rotatable bonds is 3. The molecule has 9 aromatic carbocycles. The molecule has 0 amide bonds. The molecule has 0 N–H and O–H groups in total. The van der Waals surface area contributed by atoms with Crippen LogP contribution in [0.25, 0.3) is 54.5 Å². The van der Waals surface area contributed by atoms with E-state index in [2.05, 4.69) is 195 Å². The van der Waals surface area contributed by atoms with Crippen molar-refractivity contribution in [2.45, 2.75) is 0 Å². The largest absolute Gasteiger partial charge is 0.311 e. The molecule has 3 heterocycles. The fourth-order valence-corrected chi connectivity index (χ4v) is 9.23. The van der Waals surface area contributed by atoms with Crippen molar-refractivity contribution < 1.29 is 0 Å². The van der Waals surface area contributed by atoms with Gasteiger partial charge in [0.25, 0.3) is 6.71 Å². The number of hydrogen-bond acceptors (Lipinski definition) is 5. The van der Waals surface area contributed by atoms with Gasteiger partial charge in [0, 0.05) is 39.7 Å². The standard InChI is InChI=1S/C49H30BN5/c1-3-13-36(14-4-1)54-44-27-40-33(21-19-31-11-7-9-17-38(31)40)23-42(44)50-43-24-34-22-20-32-12-8-10-18-39(32)41(34)28-45(43)55(37-15-5-2-6-16-37)47-26-35(25-46(54)48(47)50)49-52-29-51-30-53-49/h1-30H. The van der Waals surface area contributed by atoms with Crippen molar-refractivity contribution >= 4 is 100 Å². The van der Waals surface area contributed by atoms with Gasteiger partial charge in [-0.25, -0.2) is 15.0 Å². The maximum Gasteiger partial charge on any atom is 0.252 e. The van der Waals surface area contributed by atoms with Crippen LogP contribution in [-0.4, -0.2) is 21.7 Å². The second-order valence-electron chi connectivity index (χ2n) is 14.5. The Morgan fingerprint density at radius 3 is 1.35 bits per heavy atom. The van der Waals surface area contributed by atoms with Crippen molar-refractivity contribution in [1.29, 1.82) is 0 Å². The van der Waals surface area contributed by atoms with E-state index in [4.69, 9.17) is 0 Å². The number of nitrogens with zero attached hydrogens (tertiary/aromatic N) is 5. The summed E-state index contributed by atoms with van der Waals surface area (Å²) in [5.74, 6) is 0.636. The number of hydrogen-bond donors (Lipinski definition) is 0. The van der Waals surface area contributed by atoms with Gasteiger partial charge in [-0.2, -0.15) is 0 Å².